The van der Waals surface area contributed by atoms with Crippen LogP contribution in [0.3, 0.4) is 0 Å². The van der Waals surface area contributed by atoms with Crippen LogP contribution in [0.15, 0.2) is 0 Å². The van der Waals surface area contributed by atoms with E-state index >= 15 is 0 Å². The maximum Gasteiger partial charge on any atom is 0.312 e. The van der Waals surface area contributed by atoms with Crippen LogP contribution >= 0.6 is 0 Å². The molecule has 9 heavy (non-hydrogen) atoms. The molecule has 2 aliphatic rings. The molecule has 0 aromatic rings. The van der Waals surface area contributed by atoms with Crippen molar-refractivity contribution in [3.63, 3.8) is 0 Å². The Balaban J connectivity index is 2.19. The Morgan fingerprint density at radius 1 is 1.78 bits per heavy atom. The highest BCUT2D eigenvalue weighted by molar-refractivity contribution is 5.79. The van der Waals surface area contributed by atoms with Crippen molar-refractivity contribution in [2.24, 2.45) is 11.3 Å². The van der Waals surface area contributed by atoms with E-state index in [0.29, 0.717) is 19.1 Å². The molecule has 2 rings (SSSR count). The van der Waals surface area contributed by atoms with Crippen LogP contribution in [-0.4, -0.2) is 24.3 Å². The lowest BCUT2D eigenvalue weighted by molar-refractivity contribution is -0.144. The van der Waals surface area contributed by atoms with E-state index in [1.165, 1.54) is 0 Å². The van der Waals surface area contributed by atoms with Gasteiger partial charge in [-0.25, -0.2) is 0 Å². The van der Waals surface area contributed by atoms with Gasteiger partial charge < -0.3 is 9.84 Å². The Morgan fingerprint density at radius 3 is 2.78 bits per heavy atom. The van der Waals surface area contributed by atoms with Gasteiger partial charge in [0.15, 0.2) is 0 Å². The standard InChI is InChI=1S/C6H8O3/c7-5(8)6-1-4(6)2-9-3-6/h4H,1-3H2,(H,7,8). The molecule has 1 N–H and O–H groups in total. The SMILES string of the molecule is O=C(O)C12COCC1C2. The predicted molar refractivity (Wildman–Crippen MR) is 29.0 cm³/mol. The molecule has 1 aliphatic heterocycles. The molecule has 3 heteroatoms. The van der Waals surface area contributed by atoms with Gasteiger partial charge in [-0.3, -0.25) is 4.79 Å². The molecule has 0 amide bonds. The van der Waals surface area contributed by atoms with Crippen molar-refractivity contribution in [3.05, 3.63) is 0 Å². The molecule has 0 bridgehead atoms. The fourth-order valence-corrected chi connectivity index (χ4v) is 1.48. The molecule has 0 aromatic heterocycles. The number of carbonyl (C=O) groups is 1. The number of ether oxygens (including phenoxy) is 1. The van der Waals surface area contributed by atoms with Crippen LogP contribution < -0.4 is 0 Å². The highest BCUT2D eigenvalue weighted by atomic mass is 16.5. The highest BCUT2D eigenvalue weighted by Crippen LogP contribution is 2.56. The largest absolute Gasteiger partial charge is 0.481 e. The molecule has 0 aromatic carbocycles. The fraction of sp³-hybridized carbons (Fsp3) is 0.833. The minimum absolute atomic E-state index is 0.329. The Bertz CT molecular complexity index is 166. The van der Waals surface area contributed by atoms with Crippen molar-refractivity contribution in [1.29, 1.82) is 0 Å². The number of hydrogen-bond acceptors (Lipinski definition) is 2. The van der Waals surface area contributed by atoms with Crippen molar-refractivity contribution < 1.29 is 14.6 Å². The summed E-state index contributed by atoms with van der Waals surface area (Å²) in [6, 6.07) is 0. The summed E-state index contributed by atoms with van der Waals surface area (Å²) in [6.45, 7) is 1.10. The Hall–Kier alpha value is -0.570. The van der Waals surface area contributed by atoms with Crippen LogP contribution in [-0.2, 0) is 9.53 Å². The minimum atomic E-state index is -0.676. The quantitative estimate of drug-likeness (QED) is 0.545. The molecule has 50 valence electrons. The van der Waals surface area contributed by atoms with Gasteiger partial charge in [0, 0.05) is 5.92 Å². The average Bonchev–Trinajstić information content (AvgIpc) is 2.38. The third-order valence-electron chi connectivity index (χ3n) is 2.34. The van der Waals surface area contributed by atoms with Crippen molar-refractivity contribution in [2.75, 3.05) is 13.2 Å². The number of carboxylic acid groups (broad SMARTS) is 1. The average molecular weight is 128 g/mol. The van der Waals surface area contributed by atoms with E-state index in [1.807, 2.05) is 0 Å². The van der Waals surface area contributed by atoms with Crippen LogP contribution in [0.1, 0.15) is 6.42 Å². The second-order valence-corrected chi connectivity index (χ2v) is 2.88. The molecule has 2 unspecified atom stereocenters. The summed E-state index contributed by atoms with van der Waals surface area (Å²) in [7, 11) is 0. The van der Waals surface area contributed by atoms with Crippen LogP contribution in [0.25, 0.3) is 0 Å². The third-order valence-corrected chi connectivity index (χ3v) is 2.34. The first kappa shape index (κ1) is 5.23. The Labute approximate surface area is 52.6 Å². The number of fused-ring (bicyclic) bond motifs is 1. The minimum Gasteiger partial charge on any atom is -0.481 e. The van der Waals surface area contributed by atoms with Gasteiger partial charge in [-0.15, -0.1) is 0 Å². The molecular weight excluding hydrogens is 120 g/mol. The van der Waals surface area contributed by atoms with Crippen LogP contribution in [0, 0.1) is 11.3 Å². The summed E-state index contributed by atoms with van der Waals surface area (Å²) in [5.74, 6) is -0.347. The second kappa shape index (κ2) is 1.29. The molecule has 0 radical (unpaired) electrons. The lowest BCUT2D eigenvalue weighted by Gasteiger charge is -2.00. The molecule has 2 atom stereocenters. The normalized spacial score (nSPS) is 46.4. The van der Waals surface area contributed by atoms with E-state index < -0.39 is 11.4 Å². The maximum atomic E-state index is 10.5. The summed E-state index contributed by atoms with van der Waals surface area (Å²) in [4.78, 5) is 10.5. The zero-order valence-electron chi connectivity index (χ0n) is 4.96. The number of aliphatic carboxylic acids is 1. The van der Waals surface area contributed by atoms with E-state index in [9.17, 15) is 4.79 Å². The number of hydrogen-bond donors (Lipinski definition) is 1. The van der Waals surface area contributed by atoms with Crippen molar-refractivity contribution in [2.45, 2.75) is 6.42 Å². The summed E-state index contributed by atoms with van der Waals surface area (Å²) >= 11 is 0. The van der Waals surface area contributed by atoms with Crippen LogP contribution in [0.5, 0.6) is 0 Å². The second-order valence-electron chi connectivity index (χ2n) is 2.88. The third kappa shape index (κ3) is 0.477. The Kier molecular flexibility index (Phi) is 0.750. The molecule has 1 heterocycles. The highest BCUT2D eigenvalue weighted by Gasteiger charge is 2.64. The van der Waals surface area contributed by atoms with Gasteiger partial charge in [-0.1, -0.05) is 0 Å². The molecule has 1 saturated carbocycles. The zero-order chi connectivity index (χ0) is 6.48. The van der Waals surface area contributed by atoms with E-state index in [4.69, 9.17) is 9.84 Å². The molecular formula is C6H8O3. The maximum absolute atomic E-state index is 10.5. The molecule has 1 saturated heterocycles. The van der Waals surface area contributed by atoms with Crippen LogP contribution in [0.4, 0.5) is 0 Å². The van der Waals surface area contributed by atoms with E-state index in [0.717, 1.165) is 6.42 Å². The summed E-state index contributed by atoms with van der Waals surface area (Å²) in [6.07, 6.45) is 0.836. The lowest BCUT2D eigenvalue weighted by Crippen LogP contribution is -2.18. The first-order chi connectivity index (χ1) is 4.26. The van der Waals surface area contributed by atoms with Gasteiger partial charge in [-0.2, -0.15) is 0 Å². The summed E-state index contributed by atoms with van der Waals surface area (Å²) in [5.41, 5.74) is -0.444. The van der Waals surface area contributed by atoms with Gasteiger partial charge in [0.05, 0.1) is 18.6 Å². The van der Waals surface area contributed by atoms with Crippen molar-refractivity contribution in [3.8, 4) is 0 Å². The van der Waals surface area contributed by atoms with Gasteiger partial charge in [0.2, 0.25) is 0 Å². The zero-order valence-corrected chi connectivity index (χ0v) is 4.96. The van der Waals surface area contributed by atoms with Gasteiger partial charge in [0.25, 0.3) is 0 Å². The van der Waals surface area contributed by atoms with Crippen LogP contribution in [0.2, 0.25) is 0 Å². The van der Waals surface area contributed by atoms with Gasteiger partial charge >= 0.3 is 5.97 Å². The van der Waals surface area contributed by atoms with E-state index in [-0.39, 0.29) is 0 Å². The fourth-order valence-electron chi connectivity index (χ4n) is 1.48. The van der Waals surface area contributed by atoms with Crippen molar-refractivity contribution >= 4 is 5.97 Å². The molecule has 1 aliphatic carbocycles. The number of rotatable bonds is 1. The molecule has 0 spiro atoms. The molecule has 3 nitrogen and oxygen atoms in total. The van der Waals surface area contributed by atoms with Gasteiger partial charge in [-0.05, 0) is 6.42 Å². The monoisotopic (exact) mass is 128 g/mol. The lowest BCUT2D eigenvalue weighted by atomic mass is 10.1. The topological polar surface area (TPSA) is 46.5 Å². The summed E-state index contributed by atoms with van der Waals surface area (Å²) in [5, 5.41) is 8.63. The van der Waals surface area contributed by atoms with E-state index in [2.05, 4.69) is 0 Å². The Morgan fingerprint density at radius 2 is 2.56 bits per heavy atom. The first-order valence-corrected chi connectivity index (χ1v) is 3.07. The first-order valence-electron chi connectivity index (χ1n) is 3.07. The van der Waals surface area contributed by atoms with Gasteiger partial charge in [0.1, 0.15) is 0 Å². The smallest absolute Gasteiger partial charge is 0.312 e. The number of carboxylic acids is 1. The summed E-state index contributed by atoms with van der Waals surface area (Å²) < 4.78 is 4.99. The van der Waals surface area contributed by atoms with Crippen molar-refractivity contribution in [1.82, 2.24) is 0 Å². The predicted octanol–water partition coefficient (Wildman–Crippen LogP) is 0.108. The molecule has 2 fully saturated rings. The van der Waals surface area contributed by atoms with E-state index in [1.54, 1.807) is 0 Å².